The number of amides is 1. The number of benzene rings is 1. The van der Waals surface area contributed by atoms with Crippen LogP contribution in [0.3, 0.4) is 0 Å². The van der Waals surface area contributed by atoms with E-state index in [4.69, 9.17) is 20.9 Å². The van der Waals surface area contributed by atoms with Gasteiger partial charge < -0.3 is 20.9 Å². The molecule has 1 saturated heterocycles. The number of methoxy groups -OCH3 is 2. The van der Waals surface area contributed by atoms with E-state index in [0.29, 0.717) is 25.2 Å². The Kier molecular flexibility index (Phi) is 4.95. The molecule has 0 spiro atoms. The second-order valence-corrected chi connectivity index (χ2v) is 5.44. The molecule has 0 aliphatic carbocycles. The Morgan fingerprint density at radius 2 is 1.76 bits per heavy atom. The largest absolute Gasteiger partial charge is 0.377 e. The first kappa shape index (κ1) is 15.9. The minimum Gasteiger partial charge on any atom is -0.377 e. The van der Waals surface area contributed by atoms with Gasteiger partial charge in [-0.2, -0.15) is 0 Å². The van der Waals surface area contributed by atoms with Gasteiger partial charge in [0.25, 0.3) is 0 Å². The molecular weight excluding hydrogens is 270 g/mol. The highest BCUT2D eigenvalue weighted by molar-refractivity contribution is 5.86. The fraction of sp³-hybridized carbons (Fsp3) is 0.533. The van der Waals surface area contributed by atoms with E-state index in [2.05, 4.69) is 4.90 Å². The van der Waals surface area contributed by atoms with Crippen molar-refractivity contribution in [3.8, 4) is 0 Å². The van der Waals surface area contributed by atoms with Gasteiger partial charge in [-0.05, 0) is 5.56 Å². The van der Waals surface area contributed by atoms with Crippen LogP contribution in [-0.2, 0) is 19.8 Å². The van der Waals surface area contributed by atoms with Crippen LogP contribution in [0.5, 0.6) is 0 Å². The molecule has 2 rings (SSSR count). The lowest BCUT2D eigenvalue weighted by Gasteiger charge is -2.31. The van der Waals surface area contributed by atoms with Crippen LogP contribution in [0.1, 0.15) is 5.56 Å². The van der Waals surface area contributed by atoms with Gasteiger partial charge in [-0.15, -0.1) is 0 Å². The number of primary amides is 1. The first-order valence-electron chi connectivity index (χ1n) is 6.93. The molecule has 1 aliphatic rings. The third-order valence-corrected chi connectivity index (χ3v) is 4.10. The number of carbonyl (C=O) groups excluding carboxylic acids is 1. The van der Waals surface area contributed by atoms with Crippen LogP contribution in [0.2, 0.25) is 0 Å². The summed E-state index contributed by atoms with van der Waals surface area (Å²) in [7, 11) is 3.31. The van der Waals surface area contributed by atoms with E-state index in [1.807, 2.05) is 30.3 Å². The zero-order valence-electron chi connectivity index (χ0n) is 12.5. The summed E-state index contributed by atoms with van der Waals surface area (Å²) in [5.41, 5.74) is 11.4. The minimum atomic E-state index is -1.22. The van der Waals surface area contributed by atoms with Gasteiger partial charge in [0.1, 0.15) is 5.54 Å². The molecule has 116 valence electrons. The molecule has 1 fully saturated rings. The zero-order valence-corrected chi connectivity index (χ0v) is 12.5. The molecule has 21 heavy (non-hydrogen) atoms. The Hall–Kier alpha value is -1.47. The van der Waals surface area contributed by atoms with E-state index in [0.717, 1.165) is 0 Å². The van der Waals surface area contributed by atoms with Crippen LogP contribution in [0.4, 0.5) is 0 Å². The van der Waals surface area contributed by atoms with Gasteiger partial charge in [0.2, 0.25) is 5.91 Å². The van der Waals surface area contributed by atoms with Crippen molar-refractivity contribution in [2.24, 2.45) is 11.5 Å². The minimum absolute atomic E-state index is 0.0251. The number of carbonyl (C=O) groups is 1. The molecule has 0 saturated carbocycles. The van der Waals surface area contributed by atoms with Crippen molar-refractivity contribution in [1.82, 2.24) is 4.90 Å². The van der Waals surface area contributed by atoms with Gasteiger partial charge in [-0.1, -0.05) is 30.3 Å². The van der Waals surface area contributed by atoms with E-state index in [1.54, 1.807) is 14.2 Å². The molecule has 0 radical (unpaired) electrons. The van der Waals surface area contributed by atoms with E-state index in [1.165, 1.54) is 0 Å². The highest BCUT2D eigenvalue weighted by Crippen LogP contribution is 2.23. The SMILES string of the molecule is COC1CN(CC(N)(C(N)=O)c2ccccc2)CC1OC. The number of nitrogens with zero attached hydrogens (tertiary/aromatic N) is 1. The number of likely N-dealkylation sites (tertiary alicyclic amines) is 1. The number of ether oxygens (including phenoxy) is 2. The standard InChI is InChI=1S/C15H23N3O3/c1-20-12-8-18(9-13(12)21-2)10-15(17,14(16)19)11-6-4-3-5-7-11/h3-7,12-13H,8-10,17H2,1-2H3,(H2,16,19). The fourth-order valence-corrected chi connectivity index (χ4v) is 2.80. The number of nitrogens with two attached hydrogens (primary N) is 2. The van der Waals surface area contributed by atoms with Gasteiger partial charge in [0.05, 0.1) is 12.2 Å². The third kappa shape index (κ3) is 3.24. The Bertz CT molecular complexity index is 470. The summed E-state index contributed by atoms with van der Waals surface area (Å²) in [6, 6.07) is 9.22. The molecule has 6 heteroatoms. The van der Waals surface area contributed by atoms with Crippen molar-refractivity contribution in [3.05, 3.63) is 35.9 Å². The zero-order chi connectivity index (χ0) is 15.5. The lowest BCUT2D eigenvalue weighted by atomic mass is 9.89. The van der Waals surface area contributed by atoms with Crippen LogP contribution >= 0.6 is 0 Å². The maximum absolute atomic E-state index is 11.9. The van der Waals surface area contributed by atoms with Gasteiger partial charge >= 0.3 is 0 Å². The van der Waals surface area contributed by atoms with Crippen LogP contribution < -0.4 is 11.5 Å². The Labute approximate surface area is 125 Å². The van der Waals surface area contributed by atoms with Gasteiger partial charge in [0, 0.05) is 33.9 Å². The second kappa shape index (κ2) is 6.53. The number of hydrogen-bond acceptors (Lipinski definition) is 5. The topological polar surface area (TPSA) is 90.8 Å². The predicted molar refractivity (Wildman–Crippen MR) is 79.5 cm³/mol. The number of rotatable bonds is 6. The highest BCUT2D eigenvalue weighted by atomic mass is 16.5. The van der Waals surface area contributed by atoms with Crippen molar-refractivity contribution in [1.29, 1.82) is 0 Å². The van der Waals surface area contributed by atoms with Gasteiger partial charge in [-0.25, -0.2) is 0 Å². The van der Waals surface area contributed by atoms with E-state index in [9.17, 15) is 4.79 Å². The highest BCUT2D eigenvalue weighted by Gasteiger charge is 2.41. The summed E-state index contributed by atoms with van der Waals surface area (Å²) >= 11 is 0. The molecule has 6 nitrogen and oxygen atoms in total. The number of hydrogen-bond donors (Lipinski definition) is 2. The molecule has 0 aromatic heterocycles. The molecule has 1 aromatic carbocycles. The molecule has 3 atom stereocenters. The molecule has 1 aromatic rings. The maximum atomic E-state index is 11.9. The van der Waals surface area contributed by atoms with Crippen molar-refractivity contribution < 1.29 is 14.3 Å². The summed E-state index contributed by atoms with van der Waals surface area (Å²) in [6.07, 6.45) is -0.0502. The predicted octanol–water partition coefficient (Wildman–Crippen LogP) is -0.328. The van der Waals surface area contributed by atoms with Crippen molar-refractivity contribution >= 4 is 5.91 Å². The Morgan fingerprint density at radius 1 is 1.24 bits per heavy atom. The van der Waals surface area contributed by atoms with Crippen molar-refractivity contribution in [3.63, 3.8) is 0 Å². The monoisotopic (exact) mass is 293 g/mol. The lowest BCUT2D eigenvalue weighted by Crippen LogP contribution is -2.56. The average molecular weight is 293 g/mol. The fourth-order valence-electron chi connectivity index (χ4n) is 2.80. The lowest BCUT2D eigenvalue weighted by molar-refractivity contribution is -0.124. The second-order valence-electron chi connectivity index (χ2n) is 5.44. The smallest absolute Gasteiger partial charge is 0.243 e. The quantitative estimate of drug-likeness (QED) is 0.749. The van der Waals surface area contributed by atoms with Crippen LogP contribution in [-0.4, -0.2) is 56.9 Å². The molecule has 4 N–H and O–H groups in total. The Morgan fingerprint density at radius 3 is 2.19 bits per heavy atom. The molecular formula is C15H23N3O3. The summed E-state index contributed by atoms with van der Waals surface area (Å²) in [6.45, 7) is 1.66. The molecule has 3 unspecified atom stereocenters. The summed E-state index contributed by atoms with van der Waals surface area (Å²) < 4.78 is 10.8. The molecule has 1 aliphatic heterocycles. The van der Waals surface area contributed by atoms with Gasteiger partial charge in [0.15, 0.2) is 0 Å². The van der Waals surface area contributed by atoms with Gasteiger partial charge in [-0.3, -0.25) is 9.69 Å². The van der Waals surface area contributed by atoms with E-state index < -0.39 is 11.4 Å². The first-order chi connectivity index (χ1) is 10.0. The van der Waals surface area contributed by atoms with Crippen LogP contribution in [0.15, 0.2) is 30.3 Å². The normalized spacial score (nSPS) is 25.7. The van der Waals surface area contributed by atoms with Crippen LogP contribution in [0.25, 0.3) is 0 Å². The van der Waals surface area contributed by atoms with Crippen molar-refractivity contribution in [2.45, 2.75) is 17.7 Å². The van der Waals surface area contributed by atoms with Crippen LogP contribution in [0, 0.1) is 0 Å². The Balaban J connectivity index is 2.17. The summed E-state index contributed by atoms with van der Waals surface area (Å²) in [5, 5.41) is 0. The third-order valence-electron chi connectivity index (χ3n) is 4.10. The van der Waals surface area contributed by atoms with E-state index >= 15 is 0 Å². The first-order valence-corrected chi connectivity index (χ1v) is 6.93. The maximum Gasteiger partial charge on any atom is 0.243 e. The summed E-state index contributed by atoms with van der Waals surface area (Å²) in [4.78, 5) is 14.0. The molecule has 1 heterocycles. The molecule has 0 bridgehead atoms. The van der Waals surface area contributed by atoms with Crippen molar-refractivity contribution in [2.75, 3.05) is 33.9 Å². The molecule has 1 amide bonds. The summed E-state index contributed by atoms with van der Waals surface area (Å²) in [5.74, 6) is -0.538. The van der Waals surface area contributed by atoms with E-state index in [-0.39, 0.29) is 12.2 Å². The average Bonchev–Trinajstić information content (AvgIpc) is 2.89.